The Morgan fingerprint density at radius 1 is 1.07 bits per heavy atom. The fourth-order valence-electron chi connectivity index (χ4n) is 2.93. The van der Waals surface area contributed by atoms with E-state index in [0.29, 0.717) is 10.6 Å². The molecule has 2 aromatic carbocycles. The first-order valence-corrected chi connectivity index (χ1v) is 9.89. The molecule has 0 aliphatic heterocycles. The molecule has 144 valence electrons. The zero-order chi connectivity index (χ0) is 20.1. The Labute approximate surface area is 168 Å². The number of hydrogen-bond acceptors (Lipinski definition) is 5. The van der Waals surface area contributed by atoms with Crippen molar-refractivity contribution < 1.29 is 14.3 Å². The number of benzene rings is 2. The van der Waals surface area contributed by atoms with Gasteiger partial charge in [0.05, 0.1) is 10.7 Å². The number of nitrogens with one attached hydrogen (secondary N) is 1. The highest BCUT2D eigenvalue weighted by molar-refractivity contribution is 7.14. The number of anilines is 1. The predicted octanol–water partition coefficient (Wildman–Crippen LogP) is 4.78. The summed E-state index contributed by atoms with van der Waals surface area (Å²) in [6, 6.07) is 15.3. The van der Waals surface area contributed by atoms with Crippen molar-refractivity contribution in [2.24, 2.45) is 0 Å². The SMILES string of the molecule is CCc1cccc(C)c1NC(=O)COC(=O)c1sc(C)nc1-c1ccccc1. The lowest BCUT2D eigenvalue weighted by atomic mass is 10.1. The predicted molar refractivity (Wildman–Crippen MR) is 112 cm³/mol. The molecule has 0 fully saturated rings. The van der Waals surface area contributed by atoms with Gasteiger partial charge in [-0.05, 0) is 31.4 Å². The minimum absolute atomic E-state index is 0.346. The number of nitrogens with zero attached hydrogens (tertiary/aromatic N) is 1. The second-order valence-corrected chi connectivity index (χ2v) is 7.57. The maximum absolute atomic E-state index is 12.6. The van der Waals surface area contributed by atoms with Crippen LogP contribution in [0.25, 0.3) is 11.3 Å². The van der Waals surface area contributed by atoms with E-state index in [0.717, 1.165) is 33.8 Å². The maximum Gasteiger partial charge on any atom is 0.351 e. The van der Waals surface area contributed by atoms with Gasteiger partial charge in [-0.15, -0.1) is 11.3 Å². The van der Waals surface area contributed by atoms with Crippen molar-refractivity contribution in [3.8, 4) is 11.3 Å². The van der Waals surface area contributed by atoms with Crippen LogP contribution in [0.5, 0.6) is 0 Å². The van der Waals surface area contributed by atoms with Crippen LogP contribution in [0.1, 0.15) is 32.7 Å². The lowest BCUT2D eigenvalue weighted by molar-refractivity contribution is -0.119. The second-order valence-electron chi connectivity index (χ2n) is 6.36. The highest BCUT2D eigenvalue weighted by atomic mass is 32.1. The molecule has 1 amide bonds. The van der Waals surface area contributed by atoms with Gasteiger partial charge in [0.25, 0.3) is 5.91 Å². The van der Waals surface area contributed by atoms with E-state index in [2.05, 4.69) is 10.3 Å². The number of carbonyl (C=O) groups excluding carboxylic acids is 2. The average Bonchev–Trinajstić information content (AvgIpc) is 3.10. The van der Waals surface area contributed by atoms with Gasteiger partial charge in [-0.1, -0.05) is 55.5 Å². The van der Waals surface area contributed by atoms with Gasteiger partial charge in [0.2, 0.25) is 0 Å². The number of carbonyl (C=O) groups is 2. The fourth-order valence-corrected chi connectivity index (χ4v) is 3.77. The molecule has 0 unspecified atom stereocenters. The maximum atomic E-state index is 12.6. The fraction of sp³-hybridized carbons (Fsp3) is 0.227. The molecule has 0 aliphatic carbocycles. The number of esters is 1. The summed E-state index contributed by atoms with van der Waals surface area (Å²) in [5, 5.41) is 3.63. The summed E-state index contributed by atoms with van der Waals surface area (Å²) < 4.78 is 5.27. The van der Waals surface area contributed by atoms with Crippen LogP contribution >= 0.6 is 11.3 Å². The van der Waals surface area contributed by atoms with E-state index in [9.17, 15) is 9.59 Å². The molecule has 1 heterocycles. The van der Waals surface area contributed by atoms with Crippen molar-refractivity contribution in [2.75, 3.05) is 11.9 Å². The van der Waals surface area contributed by atoms with Crippen molar-refractivity contribution in [1.82, 2.24) is 4.98 Å². The van der Waals surface area contributed by atoms with Crippen LogP contribution in [0.15, 0.2) is 48.5 Å². The van der Waals surface area contributed by atoms with Crippen LogP contribution in [-0.2, 0) is 16.0 Å². The van der Waals surface area contributed by atoms with E-state index >= 15 is 0 Å². The number of ether oxygens (including phenoxy) is 1. The first-order chi connectivity index (χ1) is 13.5. The first-order valence-electron chi connectivity index (χ1n) is 9.08. The molecule has 28 heavy (non-hydrogen) atoms. The van der Waals surface area contributed by atoms with Gasteiger partial charge >= 0.3 is 5.97 Å². The summed E-state index contributed by atoms with van der Waals surface area (Å²) >= 11 is 1.26. The number of rotatable bonds is 6. The van der Waals surface area contributed by atoms with E-state index in [-0.39, 0.29) is 12.5 Å². The molecule has 0 saturated carbocycles. The van der Waals surface area contributed by atoms with E-state index in [1.165, 1.54) is 11.3 Å². The molecule has 0 atom stereocenters. The quantitative estimate of drug-likeness (QED) is 0.611. The molecular weight excluding hydrogens is 372 g/mol. The van der Waals surface area contributed by atoms with Crippen LogP contribution in [0, 0.1) is 13.8 Å². The summed E-state index contributed by atoms with van der Waals surface area (Å²) in [5.74, 6) is -0.903. The highest BCUT2D eigenvalue weighted by Crippen LogP contribution is 2.28. The van der Waals surface area contributed by atoms with Gasteiger partial charge in [-0.3, -0.25) is 4.79 Å². The minimum atomic E-state index is -0.542. The molecular formula is C22H22N2O3S. The van der Waals surface area contributed by atoms with Crippen LogP contribution in [-0.4, -0.2) is 23.5 Å². The van der Waals surface area contributed by atoms with Gasteiger partial charge in [-0.2, -0.15) is 0 Å². The summed E-state index contributed by atoms with van der Waals surface area (Å²) in [4.78, 5) is 29.7. The zero-order valence-electron chi connectivity index (χ0n) is 16.1. The smallest absolute Gasteiger partial charge is 0.351 e. The van der Waals surface area contributed by atoms with Crippen molar-refractivity contribution in [2.45, 2.75) is 27.2 Å². The molecule has 0 aliphatic rings. The van der Waals surface area contributed by atoms with Gasteiger partial charge in [0, 0.05) is 11.3 Å². The van der Waals surface area contributed by atoms with E-state index in [1.807, 2.05) is 69.3 Å². The van der Waals surface area contributed by atoms with E-state index in [4.69, 9.17) is 4.74 Å². The van der Waals surface area contributed by atoms with Gasteiger partial charge in [-0.25, -0.2) is 9.78 Å². The molecule has 1 aromatic heterocycles. The Hall–Kier alpha value is -2.99. The summed E-state index contributed by atoms with van der Waals surface area (Å²) in [5.41, 5.74) is 4.23. The zero-order valence-corrected chi connectivity index (χ0v) is 16.9. The lowest BCUT2D eigenvalue weighted by Crippen LogP contribution is -2.22. The third-order valence-electron chi connectivity index (χ3n) is 4.31. The molecule has 0 radical (unpaired) electrons. The lowest BCUT2D eigenvalue weighted by Gasteiger charge is -2.13. The van der Waals surface area contributed by atoms with Crippen LogP contribution in [0.3, 0.4) is 0 Å². The Morgan fingerprint density at radius 2 is 1.82 bits per heavy atom. The van der Waals surface area contributed by atoms with E-state index in [1.54, 1.807) is 0 Å². The number of para-hydroxylation sites is 1. The molecule has 6 heteroatoms. The summed E-state index contributed by atoms with van der Waals surface area (Å²) in [7, 11) is 0. The normalized spacial score (nSPS) is 10.5. The van der Waals surface area contributed by atoms with Crippen LogP contribution in [0.4, 0.5) is 5.69 Å². The van der Waals surface area contributed by atoms with Crippen molar-refractivity contribution in [1.29, 1.82) is 0 Å². The Bertz CT molecular complexity index is 996. The molecule has 3 rings (SSSR count). The van der Waals surface area contributed by atoms with Crippen molar-refractivity contribution in [3.63, 3.8) is 0 Å². The largest absolute Gasteiger partial charge is 0.451 e. The first kappa shape index (κ1) is 19.8. The highest BCUT2D eigenvalue weighted by Gasteiger charge is 2.20. The molecule has 0 spiro atoms. The standard InChI is InChI=1S/C22H22N2O3S/c1-4-16-12-8-9-14(2)19(16)24-18(25)13-27-22(26)21-20(23-15(3)28-21)17-10-6-5-7-11-17/h5-12H,4,13H2,1-3H3,(H,24,25). The molecule has 0 bridgehead atoms. The van der Waals surface area contributed by atoms with Gasteiger partial charge < -0.3 is 10.1 Å². The van der Waals surface area contributed by atoms with Gasteiger partial charge in [0.1, 0.15) is 4.88 Å². The van der Waals surface area contributed by atoms with E-state index < -0.39 is 5.97 Å². The van der Waals surface area contributed by atoms with Crippen LogP contribution < -0.4 is 5.32 Å². The molecule has 1 N–H and O–H groups in total. The van der Waals surface area contributed by atoms with Crippen LogP contribution in [0.2, 0.25) is 0 Å². The number of thiazole rings is 1. The Kier molecular flexibility index (Phi) is 6.21. The number of aryl methyl sites for hydroxylation is 3. The Balaban J connectivity index is 1.69. The molecule has 3 aromatic rings. The number of amides is 1. The third kappa shape index (κ3) is 4.46. The summed E-state index contributed by atoms with van der Waals surface area (Å²) in [6.07, 6.45) is 0.803. The monoisotopic (exact) mass is 394 g/mol. The van der Waals surface area contributed by atoms with Crippen molar-refractivity contribution >= 4 is 28.9 Å². The second kappa shape index (κ2) is 8.80. The van der Waals surface area contributed by atoms with Crippen molar-refractivity contribution in [3.05, 3.63) is 69.5 Å². The average molecular weight is 394 g/mol. The number of aromatic nitrogens is 1. The molecule has 0 saturated heterocycles. The summed E-state index contributed by atoms with van der Waals surface area (Å²) in [6.45, 7) is 5.46. The topological polar surface area (TPSA) is 68.3 Å². The Morgan fingerprint density at radius 3 is 2.54 bits per heavy atom. The third-order valence-corrected chi connectivity index (χ3v) is 5.26. The molecule has 5 nitrogen and oxygen atoms in total. The van der Waals surface area contributed by atoms with Gasteiger partial charge in [0.15, 0.2) is 6.61 Å². The number of hydrogen-bond donors (Lipinski definition) is 1. The minimum Gasteiger partial charge on any atom is -0.451 e.